The van der Waals surface area contributed by atoms with E-state index in [-0.39, 0.29) is 30.9 Å². The van der Waals surface area contributed by atoms with Crippen LogP contribution in [0.1, 0.15) is 41.8 Å². The van der Waals surface area contributed by atoms with Gasteiger partial charge in [0, 0.05) is 36.5 Å². The number of hydrogen-bond donors (Lipinski definition) is 2. The molecule has 2 N–H and O–H groups in total. The van der Waals surface area contributed by atoms with Gasteiger partial charge in [0.15, 0.2) is 0 Å². The number of amides is 3. The average Bonchev–Trinajstić information content (AvgIpc) is 3.57. The van der Waals surface area contributed by atoms with Crippen molar-refractivity contribution < 1.29 is 19.1 Å². The van der Waals surface area contributed by atoms with Gasteiger partial charge in [-0.2, -0.15) is 0 Å². The Morgan fingerprint density at radius 1 is 1.11 bits per heavy atom. The highest BCUT2D eigenvalue weighted by Crippen LogP contribution is 2.37. The molecule has 3 amide bonds. The standard InChI is InChI=1S/C25H29ClN4O4S/c26-22-11-10-21(35-22)25(33)27-14-20(30(19-8-9-19)18-2-1-3-18)24(32)28-16-4-6-17(7-5-16)29-12-13-34-15-23(29)31/h4-7,10-11,18-20H,1-3,8-9,12-15H2,(H,27,33)(H,28,32)/t20-/m0/s1. The van der Waals surface area contributed by atoms with Crippen LogP contribution in [0.5, 0.6) is 0 Å². The molecule has 3 aliphatic rings. The first-order valence-corrected chi connectivity index (χ1v) is 13.3. The van der Waals surface area contributed by atoms with E-state index in [9.17, 15) is 14.4 Å². The van der Waals surface area contributed by atoms with Gasteiger partial charge in [-0.3, -0.25) is 19.3 Å². The summed E-state index contributed by atoms with van der Waals surface area (Å²) in [6.07, 6.45) is 5.49. The summed E-state index contributed by atoms with van der Waals surface area (Å²) in [5.74, 6) is -0.427. The molecule has 1 saturated heterocycles. The maximum Gasteiger partial charge on any atom is 0.261 e. The fraction of sp³-hybridized carbons (Fsp3) is 0.480. The predicted molar refractivity (Wildman–Crippen MR) is 136 cm³/mol. The molecular weight excluding hydrogens is 488 g/mol. The molecule has 0 radical (unpaired) electrons. The second kappa shape index (κ2) is 10.7. The Morgan fingerprint density at radius 2 is 1.86 bits per heavy atom. The Morgan fingerprint density at radius 3 is 2.46 bits per heavy atom. The summed E-state index contributed by atoms with van der Waals surface area (Å²) in [7, 11) is 0. The number of carbonyl (C=O) groups is 3. The normalized spacial score (nSPS) is 19.4. The van der Waals surface area contributed by atoms with Crippen LogP contribution in [-0.2, 0) is 14.3 Å². The third kappa shape index (κ3) is 5.69. The summed E-state index contributed by atoms with van der Waals surface area (Å²) < 4.78 is 5.75. The minimum atomic E-state index is -0.465. The molecule has 2 aromatic rings. The zero-order chi connectivity index (χ0) is 24.4. The fourth-order valence-electron chi connectivity index (χ4n) is 4.65. The lowest BCUT2D eigenvalue weighted by atomic mass is 9.89. The number of rotatable bonds is 9. The van der Waals surface area contributed by atoms with Gasteiger partial charge < -0.3 is 20.3 Å². The predicted octanol–water partition coefficient (Wildman–Crippen LogP) is 3.52. The number of thiophene rings is 1. The molecule has 1 aliphatic heterocycles. The quantitative estimate of drug-likeness (QED) is 0.532. The first-order chi connectivity index (χ1) is 17.0. The summed E-state index contributed by atoms with van der Waals surface area (Å²) >= 11 is 7.21. The molecule has 186 valence electrons. The number of ether oxygens (including phenoxy) is 1. The molecule has 0 spiro atoms. The molecule has 2 heterocycles. The van der Waals surface area contributed by atoms with Crippen LogP contribution in [0.3, 0.4) is 0 Å². The third-order valence-electron chi connectivity index (χ3n) is 6.81. The van der Waals surface area contributed by atoms with Crippen LogP contribution in [0.25, 0.3) is 0 Å². The Kier molecular flexibility index (Phi) is 7.38. The lowest BCUT2D eigenvalue weighted by Crippen LogP contribution is -2.57. The van der Waals surface area contributed by atoms with Crippen LogP contribution in [-0.4, -0.2) is 67.1 Å². The van der Waals surface area contributed by atoms with Crippen molar-refractivity contribution in [1.82, 2.24) is 10.2 Å². The van der Waals surface area contributed by atoms with Crippen molar-refractivity contribution in [2.45, 2.75) is 50.2 Å². The van der Waals surface area contributed by atoms with E-state index in [0.717, 1.165) is 31.4 Å². The summed E-state index contributed by atoms with van der Waals surface area (Å²) in [4.78, 5) is 42.8. The third-order valence-corrected chi connectivity index (χ3v) is 8.04. The number of nitrogens with one attached hydrogen (secondary N) is 2. The van der Waals surface area contributed by atoms with Crippen molar-refractivity contribution in [2.24, 2.45) is 0 Å². The molecule has 2 saturated carbocycles. The molecule has 1 aromatic heterocycles. The lowest BCUT2D eigenvalue weighted by molar-refractivity contribution is -0.125. The van der Waals surface area contributed by atoms with Gasteiger partial charge in [-0.05, 0) is 62.1 Å². The fourth-order valence-corrected chi connectivity index (χ4v) is 5.61. The molecule has 10 heteroatoms. The highest BCUT2D eigenvalue weighted by Gasteiger charge is 2.43. The van der Waals surface area contributed by atoms with Crippen LogP contribution in [0, 0.1) is 0 Å². The molecule has 0 bridgehead atoms. The second-order valence-corrected chi connectivity index (χ2v) is 10.9. The molecule has 5 rings (SSSR count). The Labute approximate surface area is 213 Å². The van der Waals surface area contributed by atoms with E-state index >= 15 is 0 Å². The molecule has 1 aromatic carbocycles. The minimum absolute atomic E-state index is 0.0727. The van der Waals surface area contributed by atoms with Gasteiger partial charge in [0.05, 0.1) is 15.8 Å². The topological polar surface area (TPSA) is 91.0 Å². The highest BCUT2D eigenvalue weighted by atomic mass is 35.5. The minimum Gasteiger partial charge on any atom is -0.370 e. The number of anilines is 2. The van der Waals surface area contributed by atoms with Gasteiger partial charge in [0.25, 0.3) is 11.8 Å². The summed E-state index contributed by atoms with van der Waals surface area (Å²) in [5.41, 5.74) is 1.44. The van der Waals surface area contributed by atoms with E-state index in [0.29, 0.717) is 40.1 Å². The SMILES string of the molecule is O=C(NC[C@@H](C(=O)Nc1ccc(N2CCOCC2=O)cc1)N(C1CCC1)C1CC1)c1ccc(Cl)s1. The maximum atomic E-state index is 13.5. The summed E-state index contributed by atoms with van der Waals surface area (Å²) in [6.45, 7) is 1.34. The summed E-state index contributed by atoms with van der Waals surface area (Å²) in [6, 6.07) is 11.0. The van der Waals surface area contributed by atoms with Gasteiger partial charge in [-0.25, -0.2) is 0 Å². The van der Waals surface area contributed by atoms with Crippen molar-refractivity contribution >= 4 is 52.0 Å². The van der Waals surface area contributed by atoms with E-state index < -0.39 is 6.04 Å². The van der Waals surface area contributed by atoms with E-state index in [2.05, 4.69) is 15.5 Å². The largest absolute Gasteiger partial charge is 0.370 e. The monoisotopic (exact) mass is 516 g/mol. The van der Waals surface area contributed by atoms with Crippen molar-refractivity contribution in [1.29, 1.82) is 0 Å². The van der Waals surface area contributed by atoms with Gasteiger partial charge in [-0.1, -0.05) is 18.0 Å². The molecule has 35 heavy (non-hydrogen) atoms. The van der Waals surface area contributed by atoms with Crippen LogP contribution < -0.4 is 15.5 Å². The van der Waals surface area contributed by atoms with E-state index in [1.165, 1.54) is 17.8 Å². The highest BCUT2D eigenvalue weighted by molar-refractivity contribution is 7.18. The van der Waals surface area contributed by atoms with Crippen molar-refractivity contribution in [3.8, 4) is 0 Å². The van der Waals surface area contributed by atoms with Crippen molar-refractivity contribution in [3.05, 3.63) is 45.6 Å². The summed E-state index contributed by atoms with van der Waals surface area (Å²) in [5, 5.41) is 6.00. The number of carbonyl (C=O) groups excluding carboxylic acids is 3. The Balaban J connectivity index is 1.28. The number of nitrogens with zero attached hydrogens (tertiary/aromatic N) is 2. The van der Waals surface area contributed by atoms with Gasteiger partial charge >= 0.3 is 0 Å². The molecular formula is C25H29ClN4O4S. The van der Waals surface area contributed by atoms with Gasteiger partial charge in [0.1, 0.15) is 12.6 Å². The maximum absolute atomic E-state index is 13.5. The molecule has 3 fully saturated rings. The average molecular weight is 517 g/mol. The molecule has 0 unspecified atom stereocenters. The van der Waals surface area contributed by atoms with Crippen LogP contribution >= 0.6 is 22.9 Å². The smallest absolute Gasteiger partial charge is 0.261 e. The van der Waals surface area contributed by atoms with Gasteiger partial charge in [-0.15, -0.1) is 11.3 Å². The van der Waals surface area contributed by atoms with Crippen LogP contribution in [0.2, 0.25) is 4.34 Å². The van der Waals surface area contributed by atoms with E-state index in [1.54, 1.807) is 17.0 Å². The van der Waals surface area contributed by atoms with Crippen LogP contribution in [0.4, 0.5) is 11.4 Å². The number of halogens is 1. The van der Waals surface area contributed by atoms with E-state index in [4.69, 9.17) is 16.3 Å². The Bertz CT molecular complexity index is 1080. The Hall–Kier alpha value is -2.46. The zero-order valence-electron chi connectivity index (χ0n) is 19.4. The molecule has 2 aliphatic carbocycles. The van der Waals surface area contributed by atoms with Crippen molar-refractivity contribution in [3.63, 3.8) is 0 Å². The molecule has 8 nitrogen and oxygen atoms in total. The van der Waals surface area contributed by atoms with E-state index in [1.807, 2.05) is 24.3 Å². The first kappa shape index (κ1) is 24.2. The number of hydrogen-bond acceptors (Lipinski definition) is 6. The number of morpholine rings is 1. The number of benzene rings is 1. The molecule has 1 atom stereocenters. The van der Waals surface area contributed by atoms with Crippen molar-refractivity contribution in [2.75, 3.05) is 36.5 Å². The second-order valence-electron chi connectivity index (χ2n) is 9.23. The lowest BCUT2D eigenvalue weighted by Gasteiger charge is -2.42. The van der Waals surface area contributed by atoms with Crippen LogP contribution in [0.15, 0.2) is 36.4 Å². The van der Waals surface area contributed by atoms with Gasteiger partial charge in [0.2, 0.25) is 5.91 Å². The first-order valence-electron chi connectivity index (χ1n) is 12.1. The zero-order valence-corrected chi connectivity index (χ0v) is 20.9.